The summed E-state index contributed by atoms with van der Waals surface area (Å²) in [4.78, 5) is 0. The van der Waals surface area contributed by atoms with E-state index in [0.717, 1.165) is 6.07 Å². The van der Waals surface area contributed by atoms with Gasteiger partial charge in [-0.3, -0.25) is 0 Å². The second-order valence-corrected chi connectivity index (χ2v) is 3.65. The predicted molar refractivity (Wildman–Crippen MR) is 71.7 cm³/mol. The van der Waals surface area contributed by atoms with Crippen molar-refractivity contribution in [3.8, 4) is 5.75 Å². The normalized spacial score (nSPS) is 9.83. The van der Waals surface area contributed by atoms with Crippen molar-refractivity contribution in [1.82, 2.24) is 0 Å². The third-order valence-electron chi connectivity index (χ3n) is 2.55. The zero-order valence-electron chi connectivity index (χ0n) is 10.7. The van der Waals surface area contributed by atoms with E-state index in [4.69, 9.17) is 0 Å². The number of benzene rings is 2. The van der Waals surface area contributed by atoms with Gasteiger partial charge in [0.25, 0.3) is 0 Å². The van der Waals surface area contributed by atoms with Gasteiger partial charge in [-0.1, -0.05) is 26.5 Å². The Morgan fingerprint density at radius 3 is 2.33 bits per heavy atom. The van der Waals surface area contributed by atoms with Crippen LogP contribution in [0.3, 0.4) is 0 Å². The SMILES string of the molecule is C=Cc1c(F)c(F)cc2cc(O)cc(C)c12.CC. The maximum atomic E-state index is 13.5. The topological polar surface area (TPSA) is 20.2 Å². The van der Waals surface area contributed by atoms with Crippen LogP contribution in [0.1, 0.15) is 25.0 Å². The second kappa shape index (κ2) is 5.63. The summed E-state index contributed by atoms with van der Waals surface area (Å²) in [7, 11) is 0. The van der Waals surface area contributed by atoms with Gasteiger partial charge in [-0.2, -0.15) is 0 Å². The average Bonchev–Trinajstić information content (AvgIpc) is 2.34. The van der Waals surface area contributed by atoms with Crippen molar-refractivity contribution < 1.29 is 13.9 Å². The van der Waals surface area contributed by atoms with Crippen LogP contribution in [-0.2, 0) is 0 Å². The number of halogens is 2. The first kappa shape index (κ1) is 14.2. The molecule has 96 valence electrons. The zero-order valence-corrected chi connectivity index (χ0v) is 10.7. The molecule has 1 N–H and O–H groups in total. The molecule has 18 heavy (non-hydrogen) atoms. The lowest BCUT2D eigenvalue weighted by Gasteiger charge is -2.09. The minimum absolute atomic E-state index is 0.0334. The highest BCUT2D eigenvalue weighted by Crippen LogP contribution is 2.30. The van der Waals surface area contributed by atoms with Gasteiger partial charge in [0.1, 0.15) is 5.75 Å². The second-order valence-electron chi connectivity index (χ2n) is 3.65. The van der Waals surface area contributed by atoms with Gasteiger partial charge in [-0.05, 0) is 41.5 Å². The standard InChI is InChI=1S/C13H10F2O.C2H6/c1-3-10-12-7(2)4-9(16)5-8(12)6-11(14)13(10)15;1-2/h3-6,16H,1H2,2H3;1-2H3. The van der Waals surface area contributed by atoms with Gasteiger partial charge < -0.3 is 5.11 Å². The van der Waals surface area contributed by atoms with Crippen LogP contribution < -0.4 is 0 Å². The fourth-order valence-corrected chi connectivity index (χ4v) is 1.91. The maximum Gasteiger partial charge on any atom is 0.166 e. The van der Waals surface area contributed by atoms with E-state index in [1.54, 1.807) is 6.92 Å². The molecule has 0 heterocycles. The predicted octanol–water partition coefficient (Wildman–Crippen LogP) is 4.80. The molecule has 0 aliphatic rings. The number of aryl methyl sites for hydroxylation is 1. The Morgan fingerprint density at radius 2 is 1.78 bits per heavy atom. The molecular formula is C15H16F2O. The number of rotatable bonds is 1. The summed E-state index contributed by atoms with van der Waals surface area (Å²) in [5.74, 6) is -1.81. The molecule has 1 nitrogen and oxygen atoms in total. The molecule has 0 aromatic heterocycles. The Morgan fingerprint density at radius 1 is 1.17 bits per heavy atom. The minimum Gasteiger partial charge on any atom is -0.508 e. The number of phenols is 1. The van der Waals surface area contributed by atoms with Crippen molar-refractivity contribution in [2.24, 2.45) is 0 Å². The van der Waals surface area contributed by atoms with Crippen molar-refractivity contribution >= 4 is 16.8 Å². The summed E-state index contributed by atoms with van der Waals surface area (Å²) in [5.41, 5.74) is 0.816. The van der Waals surface area contributed by atoms with E-state index >= 15 is 0 Å². The van der Waals surface area contributed by atoms with E-state index < -0.39 is 11.6 Å². The molecule has 2 aromatic rings. The lowest BCUT2D eigenvalue weighted by atomic mass is 9.99. The minimum atomic E-state index is -0.938. The highest BCUT2D eigenvalue weighted by Gasteiger charge is 2.13. The van der Waals surface area contributed by atoms with E-state index in [1.807, 2.05) is 13.8 Å². The number of fused-ring (bicyclic) bond motifs is 1. The van der Waals surface area contributed by atoms with Gasteiger partial charge in [0.05, 0.1) is 0 Å². The van der Waals surface area contributed by atoms with Gasteiger partial charge in [0, 0.05) is 5.56 Å². The fourth-order valence-electron chi connectivity index (χ4n) is 1.91. The van der Waals surface area contributed by atoms with E-state index in [9.17, 15) is 13.9 Å². The summed E-state index contributed by atoms with van der Waals surface area (Å²) in [6.45, 7) is 9.21. The zero-order chi connectivity index (χ0) is 13.9. The lowest BCUT2D eigenvalue weighted by Crippen LogP contribution is -1.93. The van der Waals surface area contributed by atoms with E-state index in [1.165, 1.54) is 18.2 Å². The van der Waals surface area contributed by atoms with Gasteiger partial charge in [-0.25, -0.2) is 8.78 Å². The first-order valence-electron chi connectivity index (χ1n) is 5.78. The van der Waals surface area contributed by atoms with Crippen molar-refractivity contribution in [2.45, 2.75) is 20.8 Å². The van der Waals surface area contributed by atoms with E-state index in [0.29, 0.717) is 16.3 Å². The van der Waals surface area contributed by atoms with Gasteiger partial charge >= 0.3 is 0 Å². The van der Waals surface area contributed by atoms with Crippen molar-refractivity contribution in [2.75, 3.05) is 0 Å². The number of aromatic hydroxyl groups is 1. The monoisotopic (exact) mass is 250 g/mol. The summed E-state index contributed by atoms with van der Waals surface area (Å²) < 4.78 is 26.8. The molecule has 0 aliphatic carbocycles. The molecule has 0 unspecified atom stereocenters. The Bertz CT molecular complexity index is 589. The van der Waals surface area contributed by atoms with Crippen LogP contribution in [0.2, 0.25) is 0 Å². The third kappa shape index (κ3) is 2.35. The molecule has 3 heteroatoms. The number of phenolic OH excluding ortho intramolecular Hbond substituents is 1. The molecular weight excluding hydrogens is 234 g/mol. The van der Waals surface area contributed by atoms with Crippen molar-refractivity contribution in [1.29, 1.82) is 0 Å². The summed E-state index contributed by atoms with van der Waals surface area (Å²) in [6, 6.07) is 3.98. The van der Waals surface area contributed by atoms with Gasteiger partial charge in [-0.15, -0.1) is 0 Å². The first-order chi connectivity index (χ1) is 8.54. The highest BCUT2D eigenvalue weighted by molar-refractivity contribution is 5.94. The molecule has 0 saturated carbocycles. The molecule has 0 amide bonds. The Labute approximate surface area is 105 Å². The largest absolute Gasteiger partial charge is 0.508 e. The van der Waals surface area contributed by atoms with E-state index in [2.05, 4.69) is 6.58 Å². The molecule has 0 spiro atoms. The van der Waals surface area contributed by atoms with Crippen LogP contribution >= 0.6 is 0 Å². The van der Waals surface area contributed by atoms with Gasteiger partial charge in [0.15, 0.2) is 11.6 Å². The molecule has 0 bridgehead atoms. The number of hydrogen-bond acceptors (Lipinski definition) is 1. The molecule has 0 fully saturated rings. The molecule has 0 saturated heterocycles. The Balaban J connectivity index is 0.000000771. The van der Waals surface area contributed by atoms with Crippen LogP contribution in [0, 0.1) is 18.6 Å². The van der Waals surface area contributed by atoms with Crippen molar-refractivity contribution in [3.05, 3.63) is 47.5 Å². The summed E-state index contributed by atoms with van der Waals surface area (Å²) >= 11 is 0. The third-order valence-corrected chi connectivity index (χ3v) is 2.55. The van der Waals surface area contributed by atoms with Crippen LogP contribution in [0.15, 0.2) is 24.8 Å². The van der Waals surface area contributed by atoms with E-state index in [-0.39, 0.29) is 11.3 Å². The van der Waals surface area contributed by atoms with Crippen LogP contribution in [0.4, 0.5) is 8.78 Å². The molecule has 0 aliphatic heterocycles. The molecule has 0 atom stereocenters. The Kier molecular flexibility index (Phi) is 4.43. The average molecular weight is 250 g/mol. The summed E-state index contributed by atoms with van der Waals surface area (Å²) in [6.07, 6.45) is 1.28. The van der Waals surface area contributed by atoms with Crippen LogP contribution in [0.5, 0.6) is 5.75 Å². The molecule has 2 rings (SSSR count). The molecule has 2 aromatic carbocycles. The fraction of sp³-hybridized carbons (Fsp3) is 0.200. The Hall–Kier alpha value is -1.90. The lowest BCUT2D eigenvalue weighted by molar-refractivity contribution is 0.475. The summed E-state index contributed by atoms with van der Waals surface area (Å²) in [5, 5.41) is 10.4. The van der Waals surface area contributed by atoms with Crippen molar-refractivity contribution in [3.63, 3.8) is 0 Å². The van der Waals surface area contributed by atoms with Crippen LogP contribution in [-0.4, -0.2) is 5.11 Å². The van der Waals surface area contributed by atoms with Crippen LogP contribution in [0.25, 0.3) is 16.8 Å². The number of hydrogen-bond donors (Lipinski definition) is 1. The first-order valence-corrected chi connectivity index (χ1v) is 5.78. The van der Waals surface area contributed by atoms with Gasteiger partial charge in [0.2, 0.25) is 0 Å². The smallest absolute Gasteiger partial charge is 0.166 e. The molecule has 0 radical (unpaired) electrons. The maximum absolute atomic E-state index is 13.5. The highest BCUT2D eigenvalue weighted by atomic mass is 19.2. The quantitative estimate of drug-likeness (QED) is 0.770.